The lowest BCUT2D eigenvalue weighted by atomic mass is 10.4. The summed E-state index contributed by atoms with van der Waals surface area (Å²) in [5, 5.41) is 5.08. The molecule has 0 aromatic heterocycles. The van der Waals surface area contributed by atoms with Crippen LogP contribution >= 0.6 is 7.59 Å². The van der Waals surface area contributed by atoms with Gasteiger partial charge in [0.1, 0.15) is 12.1 Å². The van der Waals surface area contributed by atoms with E-state index in [-0.39, 0.29) is 18.2 Å². The largest absolute Gasteiger partial charge is 0.462 e. The molecule has 12 nitrogen and oxygen atoms in total. The van der Waals surface area contributed by atoms with Gasteiger partial charge in [-0.05, 0) is 41.5 Å². The molecule has 0 aromatic rings. The number of esters is 2. The molecule has 0 aliphatic heterocycles. The van der Waals surface area contributed by atoms with Gasteiger partial charge >= 0.3 is 19.5 Å². The van der Waals surface area contributed by atoms with Gasteiger partial charge in [0.05, 0.1) is 12.2 Å². The van der Waals surface area contributed by atoms with Crippen LogP contribution in [0.4, 0.5) is 0 Å². The number of nitrogens with one attached hydrogen (secondary N) is 2. The summed E-state index contributed by atoms with van der Waals surface area (Å²) >= 11 is 0. The lowest BCUT2D eigenvalue weighted by molar-refractivity contribution is -0.149. The van der Waals surface area contributed by atoms with Gasteiger partial charge in [0.2, 0.25) is 5.96 Å². The molecule has 0 amide bonds. The van der Waals surface area contributed by atoms with Gasteiger partial charge in [-0.25, -0.2) is 10.2 Å². The minimum Gasteiger partial charge on any atom is -0.462 e. The standard InChI is InChI=1S/C16H34N7O5P/c1-9(2)27-13(24)11(5)20-29(26,21-12(6)14(25)28-10(3)4)22-15(17)19-16(18)23(7)8/h9-12H,1-8H3,(H6,17,18,19,20,21,22,26)/t11-,12-/m0/s1. The maximum atomic E-state index is 13.3. The average molecular weight is 435 g/mol. The van der Waals surface area contributed by atoms with Gasteiger partial charge in [-0.2, -0.15) is 9.76 Å². The van der Waals surface area contributed by atoms with Crippen LogP contribution in [0.1, 0.15) is 41.5 Å². The first-order valence-corrected chi connectivity index (χ1v) is 10.8. The summed E-state index contributed by atoms with van der Waals surface area (Å²) < 4.78 is 27.4. The smallest absolute Gasteiger partial charge is 0.328 e. The fourth-order valence-electron chi connectivity index (χ4n) is 1.78. The molecule has 0 spiro atoms. The molecule has 0 rings (SSSR count). The van der Waals surface area contributed by atoms with Crippen molar-refractivity contribution in [1.82, 2.24) is 15.1 Å². The number of hydrogen-bond acceptors (Lipinski definition) is 5. The molecule has 13 heteroatoms. The van der Waals surface area contributed by atoms with Crippen LogP contribution in [0.15, 0.2) is 9.76 Å². The number of carbonyl (C=O) groups excluding carboxylic acids is 2. The van der Waals surface area contributed by atoms with E-state index >= 15 is 0 Å². The highest BCUT2D eigenvalue weighted by molar-refractivity contribution is 7.58. The van der Waals surface area contributed by atoms with Gasteiger partial charge in [0.25, 0.3) is 0 Å². The number of aliphatic imine (C=N–C) groups is 1. The van der Waals surface area contributed by atoms with Crippen LogP contribution in [0.2, 0.25) is 0 Å². The van der Waals surface area contributed by atoms with Crippen LogP contribution in [0.5, 0.6) is 0 Å². The molecule has 0 saturated heterocycles. The molecule has 0 radical (unpaired) electrons. The van der Waals surface area contributed by atoms with Crippen LogP contribution in [0.25, 0.3) is 0 Å². The summed E-state index contributed by atoms with van der Waals surface area (Å²) in [7, 11) is -0.718. The molecule has 0 unspecified atom stereocenters. The van der Waals surface area contributed by atoms with Crippen molar-refractivity contribution < 1.29 is 23.6 Å². The lowest BCUT2D eigenvalue weighted by Gasteiger charge is -2.24. The summed E-state index contributed by atoms with van der Waals surface area (Å²) in [4.78, 5) is 29.5. The Hall–Kier alpha value is -2.17. The third kappa shape index (κ3) is 10.8. The number of nitrogens with zero attached hydrogens (tertiary/aromatic N) is 3. The van der Waals surface area contributed by atoms with Crippen molar-refractivity contribution in [3.63, 3.8) is 0 Å². The molecule has 168 valence electrons. The van der Waals surface area contributed by atoms with E-state index < -0.39 is 37.6 Å². The molecule has 0 fully saturated rings. The average Bonchev–Trinajstić information content (AvgIpc) is 2.52. The monoisotopic (exact) mass is 435 g/mol. The minimum atomic E-state index is -3.99. The van der Waals surface area contributed by atoms with E-state index in [1.165, 1.54) is 18.7 Å². The predicted octanol–water partition coefficient (Wildman–Crippen LogP) is 0.145. The normalized spacial score (nSPS) is 15.2. The third-order valence-electron chi connectivity index (χ3n) is 3.08. The van der Waals surface area contributed by atoms with E-state index in [0.717, 1.165) is 0 Å². The molecule has 0 bridgehead atoms. The Morgan fingerprint density at radius 2 is 1.28 bits per heavy atom. The molecular formula is C16H34N7O5P. The van der Waals surface area contributed by atoms with Crippen molar-refractivity contribution in [2.75, 3.05) is 14.1 Å². The van der Waals surface area contributed by atoms with Crippen molar-refractivity contribution in [2.45, 2.75) is 65.8 Å². The number of nitrogens with two attached hydrogens (primary N) is 2. The zero-order valence-electron chi connectivity index (χ0n) is 18.3. The van der Waals surface area contributed by atoms with Crippen LogP contribution in [-0.4, -0.2) is 67.1 Å². The van der Waals surface area contributed by atoms with Crippen molar-refractivity contribution in [3.05, 3.63) is 0 Å². The Bertz CT molecular complexity index is 645. The van der Waals surface area contributed by atoms with Gasteiger partial charge < -0.3 is 25.8 Å². The van der Waals surface area contributed by atoms with Crippen molar-refractivity contribution in [1.29, 1.82) is 0 Å². The van der Waals surface area contributed by atoms with Crippen molar-refractivity contribution in [3.8, 4) is 0 Å². The number of ether oxygens (including phenoxy) is 2. The maximum Gasteiger partial charge on any atom is 0.328 e. The third-order valence-corrected chi connectivity index (χ3v) is 5.04. The first kappa shape index (κ1) is 26.8. The van der Waals surface area contributed by atoms with Gasteiger partial charge in [0, 0.05) is 14.1 Å². The maximum absolute atomic E-state index is 13.3. The van der Waals surface area contributed by atoms with Gasteiger partial charge in [0.15, 0.2) is 5.96 Å². The van der Waals surface area contributed by atoms with E-state index in [1.54, 1.807) is 41.8 Å². The molecule has 0 aliphatic rings. The lowest BCUT2D eigenvalue weighted by Crippen LogP contribution is -2.42. The fourth-order valence-corrected chi connectivity index (χ4v) is 3.56. The van der Waals surface area contributed by atoms with E-state index in [0.29, 0.717) is 0 Å². The van der Waals surface area contributed by atoms with Crippen LogP contribution in [0.3, 0.4) is 0 Å². The van der Waals surface area contributed by atoms with Crippen LogP contribution in [0, 0.1) is 0 Å². The van der Waals surface area contributed by atoms with Gasteiger partial charge in [-0.15, -0.1) is 0 Å². The number of carbonyl (C=O) groups is 2. The molecule has 2 atom stereocenters. The van der Waals surface area contributed by atoms with E-state index in [2.05, 4.69) is 19.9 Å². The molecule has 6 N–H and O–H groups in total. The number of rotatable bonds is 9. The predicted molar refractivity (Wildman–Crippen MR) is 112 cm³/mol. The molecular weight excluding hydrogens is 401 g/mol. The summed E-state index contributed by atoms with van der Waals surface area (Å²) in [5.74, 6) is -1.68. The Morgan fingerprint density at radius 3 is 1.59 bits per heavy atom. The van der Waals surface area contributed by atoms with Crippen molar-refractivity contribution in [2.24, 2.45) is 21.2 Å². The Labute approximate surface area is 172 Å². The molecule has 0 heterocycles. The molecule has 0 aliphatic carbocycles. The zero-order valence-corrected chi connectivity index (χ0v) is 19.2. The van der Waals surface area contributed by atoms with E-state index in [9.17, 15) is 14.2 Å². The molecule has 29 heavy (non-hydrogen) atoms. The fraction of sp³-hybridized carbons (Fsp3) is 0.750. The first-order chi connectivity index (χ1) is 13.2. The second-order valence-corrected chi connectivity index (χ2v) is 8.94. The van der Waals surface area contributed by atoms with E-state index in [4.69, 9.17) is 20.9 Å². The highest BCUT2D eigenvalue weighted by Gasteiger charge is 2.32. The first-order valence-electron chi connectivity index (χ1n) is 9.10. The second-order valence-electron chi connectivity index (χ2n) is 7.07. The summed E-state index contributed by atoms with van der Waals surface area (Å²) in [6.07, 6.45) is -0.728. The Kier molecular flexibility index (Phi) is 10.9. The molecule has 0 saturated carbocycles. The second kappa shape index (κ2) is 11.7. The summed E-state index contributed by atoms with van der Waals surface area (Å²) in [6, 6.07) is -2.04. The van der Waals surface area contributed by atoms with Crippen LogP contribution < -0.4 is 21.6 Å². The summed E-state index contributed by atoms with van der Waals surface area (Å²) in [5.41, 5.74) is 11.4. The Morgan fingerprint density at radius 1 is 0.897 bits per heavy atom. The SMILES string of the molecule is CC(C)OC(=O)[C@H](C)NP(=O)(N=C(N)N=C(N)N(C)C)N[C@@H](C)C(=O)OC(C)C. The van der Waals surface area contributed by atoms with Crippen LogP contribution in [-0.2, 0) is 23.6 Å². The minimum absolute atomic E-state index is 0.0253. The number of guanidine groups is 2. The quantitative estimate of drug-likeness (QED) is 0.169. The highest BCUT2D eigenvalue weighted by atomic mass is 31.2. The topological polar surface area (TPSA) is 174 Å². The van der Waals surface area contributed by atoms with Gasteiger partial charge in [-0.1, -0.05) is 0 Å². The van der Waals surface area contributed by atoms with Gasteiger partial charge in [-0.3, -0.25) is 14.2 Å². The zero-order chi connectivity index (χ0) is 22.9. The van der Waals surface area contributed by atoms with E-state index in [1.807, 2.05) is 0 Å². The number of hydrogen-bond donors (Lipinski definition) is 4. The Balaban J connectivity index is 5.73. The summed E-state index contributed by atoms with van der Waals surface area (Å²) in [6.45, 7) is 9.62. The van der Waals surface area contributed by atoms with Crippen molar-refractivity contribution >= 4 is 31.5 Å². The highest BCUT2D eigenvalue weighted by Crippen LogP contribution is 2.39. The molecule has 0 aromatic carbocycles.